The van der Waals surface area contributed by atoms with Crippen LogP contribution in [0.3, 0.4) is 0 Å². The van der Waals surface area contributed by atoms with Crippen molar-refractivity contribution in [3.8, 4) is 11.5 Å². The van der Waals surface area contributed by atoms with Gasteiger partial charge < -0.3 is 35.4 Å². The number of hydrogen-bond acceptors (Lipinski definition) is 9. The molecule has 0 fully saturated rings. The molecule has 276 valence electrons. The van der Waals surface area contributed by atoms with Crippen molar-refractivity contribution in [3.63, 3.8) is 0 Å². The van der Waals surface area contributed by atoms with E-state index in [9.17, 15) is 14.4 Å². The number of nitrogens with one attached hydrogen (secondary N) is 2. The van der Waals surface area contributed by atoms with Crippen molar-refractivity contribution in [2.24, 2.45) is 11.5 Å². The summed E-state index contributed by atoms with van der Waals surface area (Å²) in [5.41, 5.74) is 15.4. The Hall–Kier alpha value is -5.86. The summed E-state index contributed by atoms with van der Waals surface area (Å²) in [5, 5.41) is 10.6. The molecule has 5 aromatic rings. The molecule has 3 heterocycles. The highest BCUT2D eigenvalue weighted by Gasteiger charge is 2.22. The third-order valence-corrected chi connectivity index (χ3v) is 8.46. The van der Waals surface area contributed by atoms with Crippen LogP contribution in [0, 0.1) is 6.92 Å². The van der Waals surface area contributed by atoms with Crippen molar-refractivity contribution in [2.45, 2.75) is 79.4 Å². The summed E-state index contributed by atoms with van der Waals surface area (Å²) < 4.78 is 17.8. The number of unbranched alkanes of at least 4 members (excludes halogenated alkanes) is 2. The lowest BCUT2D eigenvalue weighted by molar-refractivity contribution is 0.0991. The molecule has 5 rings (SSSR count). The average molecular weight is 713 g/mol. The molecule has 0 spiro atoms. The zero-order valence-electron chi connectivity index (χ0n) is 30.5. The lowest BCUT2D eigenvalue weighted by Crippen LogP contribution is -2.20. The Labute approximate surface area is 302 Å². The maximum Gasteiger partial charge on any atom is 0.276 e. The SMILES string of the molecule is CCCCOc1cc(C(N)=O)cc2nc(NC)n(C/C=C/Cn3c(NC(=O)c4cc(C)nn4CCC)nc4cc(C(N)=O)cc(OCCCC)c43)c12. The second-order valence-corrected chi connectivity index (χ2v) is 12.5. The number of nitrogens with two attached hydrogens (primary N) is 2. The number of anilines is 2. The van der Waals surface area contributed by atoms with Crippen molar-refractivity contribution in [1.82, 2.24) is 28.9 Å². The van der Waals surface area contributed by atoms with Crippen LogP contribution in [0.5, 0.6) is 11.5 Å². The molecule has 0 radical (unpaired) electrons. The van der Waals surface area contributed by atoms with Gasteiger partial charge in [-0.3, -0.25) is 24.4 Å². The number of nitrogens with zero attached hydrogens (tertiary/aromatic N) is 6. The number of primary amides is 2. The van der Waals surface area contributed by atoms with Gasteiger partial charge in [0.25, 0.3) is 5.91 Å². The number of aromatic nitrogens is 6. The van der Waals surface area contributed by atoms with Crippen LogP contribution in [0.25, 0.3) is 22.1 Å². The number of ether oxygens (including phenoxy) is 2. The van der Waals surface area contributed by atoms with Crippen LogP contribution in [0.2, 0.25) is 0 Å². The fourth-order valence-electron chi connectivity index (χ4n) is 5.90. The van der Waals surface area contributed by atoms with E-state index in [0.717, 1.165) is 43.3 Å². The Morgan fingerprint density at radius 3 is 1.77 bits per heavy atom. The lowest BCUT2D eigenvalue weighted by atomic mass is 10.1. The first-order chi connectivity index (χ1) is 25.1. The number of hydrogen-bond donors (Lipinski definition) is 4. The summed E-state index contributed by atoms with van der Waals surface area (Å²) in [6, 6.07) is 8.27. The number of carbonyl (C=O) groups is 3. The van der Waals surface area contributed by atoms with Crippen LogP contribution in [0.1, 0.15) is 89.8 Å². The molecule has 2 aromatic carbocycles. The Bertz CT molecular complexity index is 2110. The van der Waals surface area contributed by atoms with E-state index in [1.807, 2.05) is 35.1 Å². The Balaban J connectivity index is 1.55. The Kier molecular flexibility index (Phi) is 12.2. The molecule has 52 heavy (non-hydrogen) atoms. The zero-order valence-corrected chi connectivity index (χ0v) is 30.5. The average Bonchev–Trinajstić information content (AvgIpc) is 3.78. The molecule has 15 heteroatoms. The van der Waals surface area contributed by atoms with Crippen LogP contribution in [0.4, 0.5) is 11.9 Å². The minimum atomic E-state index is -0.616. The maximum atomic E-state index is 13.7. The molecule has 0 bridgehead atoms. The number of amides is 3. The molecule has 0 atom stereocenters. The third-order valence-electron chi connectivity index (χ3n) is 8.46. The van der Waals surface area contributed by atoms with E-state index in [-0.39, 0.29) is 24.0 Å². The van der Waals surface area contributed by atoms with Gasteiger partial charge in [0.1, 0.15) is 28.2 Å². The highest BCUT2D eigenvalue weighted by atomic mass is 16.5. The molecule has 15 nitrogen and oxygen atoms in total. The highest BCUT2D eigenvalue weighted by molar-refractivity contribution is 6.04. The van der Waals surface area contributed by atoms with E-state index in [4.69, 9.17) is 30.9 Å². The smallest absolute Gasteiger partial charge is 0.276 e. The first kappa shape index (κ1) is 37.4. The summed E-state index contributed by atoms with van der Waals surface area (Å²) in [6.45, 7) is 10.2. The fraction of sp³-hybridized carbons (Fsp3) is 0.405. The third kappa shape index (κ3) is 8.19. The molecule has 0 unspecified atom stereocenters. The molecule has 0 saturated carbocycles. The van der Waals surface area contributed by atoms with E-state index in [1.165, 1.54) is 0 Å². The van der Waals surface area contributed by atoms with E-state index >= 15 is 0 Å². The maximum absolute atomic E-state index is 13.7. The van der Waals surface area contributed by atoms with Crippen LogP contribution in [-0.4, -0.2) is 66.9 Å². The van der Waals surface area contributed by atoms with Crippen molar-refractivity contribution in [3.05, 3.63) is 65.0 Å². The van der Waals surface area contributed by atoms with Crippen molar-refractivity contribution >= 4 is 51.7 Å². The molecule has 3 aromatic heterocycles. The minimum absolute atomic E-state index is 0.247. The summed E-state index contributed by atoms with van der Waals surface area (Å²) >= 11 is 0. The van der Waals surface area contributed by atoms with Gasteiger partial charge in [-0.05, 0) is 56.5 Å². The second kappa shape index (κ2) is 16.9. The lowest BCUT2D eigenvalue weighted by Gasteiger charge is -2.13. The molecule has 3 amide bonds. The van der Waals surface area contributed by atoms with Gasteiger partial charge in [-0.1, -0.05) is 45.8 Å². The number of imidazole rings is 2. The number of carbonyl (C=O) groups excluding carboxylic acids is 3. The van der Waals surface area contributed by atoms with Gasteiger partial charge in [-0.15, -0.1) is 0 Å². The van der Waals surface area contributed by atoms with E-state index < -0.39 is 11.8 Å². The molecule has 0 aliphatic heterocycles. The fourth-order valence-corrected chi connectivity index (χ4v) is 5.90. The van der Waals surface area contributed by atoms with Gasteiger partial charge >= 0.3 is 0 Å². The van der Waals surface area contributed by atoms with Crippen LogP contribution in [0.15, 0.2) is 42.5 Å². The predicted molar refractivity (Wildman–Crippen MR) is 201 cm³/mol. The van der Waals surface area contributed by atoms with Gasteiger partial charge in [0, 0.05) is 37.8 Å². The summed E-state index contributed by atoms with van der Waals surface area (Å²) in [7, 11) is 1.77. The van der Waals surface area contributed by atoms with Gasteiger partial charge in [-0.25, -0.2) is 9.97 Å². The van der Waals surface area contributed by atoms with E-state index in [0.29, 0.717) is 71.6 Å². The summed E-state index contributed by atoms with van der Waals surface area (Å²) in [5.74, 6) is 0.247. The molecule has 0 aliphatic rings. The van der Waals surface area contributed by atoms with E-state index in [2.05, 4.69) is 29.6 Å². The van der Waals surface area contributed by atoms with Gasteiger partial charge in [0.15, 0.2) is 0 Å². The number of allylic oxidation sites excluding steroid dienone is 2. The zero-order chi connectivity index (χ0) is 37.4. The standard InChI is InChI=1S/C37H48N10O5/c1-6-9-16-51-29-21-24(33(38)48)19-26-31(29)45(36(40-5)41-26)14-11-12-15-46-32-27(20-25(34(39)49)22-30(32)52-17-10-7-2)42-37(46)43-35(50)28-18-23(4)44-47(28)13-8-3/h11-12,18-22H,6-10,13-17H2,1-5H3,(H2,38,48)(H2,39,49)(H,40,41)(H,42,43,50)/b12-11+. The molecule has 0 aliphatic carbocycles. The molecule has 0 saturated heterocycles. The Morgan fingerprint density at radius 1 is 0.769 bits per heavy atom. The van der Waals surface area contributed by atoms with Gasteiger partial charge in [-0.2, -0.15) is 5.10 Å². The van der Waals surface area contributed by atoms with Gasteiger partial charge in [0.2, 0.25) is 23.7 Å². The monoisotopic (exact) mass is 712 g/mol. The predicted octanol–water partition coefficient (Wildman–Crippen LogP) is 5.41. The molecular formula is C37H48N10O5. The van der Waals surface area contributed by atoms with E-state index in [1.54, 1.807) is 42.1 Å². The summed E-state index contributed by atoms with van der Waals surface area (Å²) in [4.78, 5) is 47.6. The Morgan fingerprint density at radius 2 is 1.29 bits per heavy atom. The highest BCUT2D eigenvalue weighted by Crippen LogP contribution is 2.33. The first-order valence-corrected chi connectivity index (χ1v) is 17.7. The quantitative estimate of drug-likeness (QED) is 0.0639. The topological polar surface area (TPSA) is 199 Å². The van der Waals surface area contributed by atoms with Crippen molar-refractivity contribution < 1.29 is 23.9 Å². The molecule has 6 N–H and O–H groups in total. The van der Waals surface area contributed by atoms with Crippen LogP contribution < -0.4 is 31.6 Å². The first-order valence-electron chi connectivity index (χ1n) is 17.7. The van der Waals surface area contributed by atoms with Crippen molar-refractivity contribution in [1.29, 1.82) is 0 Å². The summed E-state index contributed by atoms with van der Waals surface area (Å²) in [6.07, 6.45) is 8.23. The number of rotatable bonds is 19. The van der Waals surface area contributed by atoms with Crippen molar-refractivity contribution in [2.75, 3.05) is 30.9 Å². The van der Waals surface area contributed by atoms with Gasteiger partial charge in [0.05, 0.1) is 29.9 Å². The molecular weight excluding hydrogens is 664 g/mol. The van der Waals surface area contributed by atoms with Crippen LogP contribution >= 0.6 is 0 Å². The minimum Gasteiger partial charge on any atom is -0.491 e. The largest absolute Gasteiger partial charge is 0.491 e. The normalized spacial score (nSPS) is 11.5. The second-order valence-electron chi connectivity index (χ2n) is 12.5. The number of fused-ring (bicyclic) bond motifs is 2. The van der Waals surface area contributed by atoms with Crippen LogP contribution in [-0.2, 0) is 19.6 Å². The number of benzene rings is 2. The number of aryl methyl sites for hydroxylation is 2.